The maximum atomic E-state index is 5.48. The van der Waals surface area contributed by atoms with Gasteiger partial charge in [-0.2, -0.15) is 0 Å². The summed E-state index contributed by atoms with van der Waals surface area (Å²) in [5, 5.41) is 0. The van der Waals surface area contributed by atoms with Crippen molar-refractivity contribution in [1.29, 1.82) is 0 Å². The Morgan fingerprint density at radius 3 is 2.91 bits per heavy atom. The zero-order valence-electron chi connectivity index (χ0n) is 7.30. The Kier molecular flexibility index (Phi) is 3.43. The van der Waals surface area contributed by atoms with Crippen molar-refractivity contribution >= 4 is 0 Å². The maximum Gasteiger partial charge on any atom is 0.0917 e. The number of rotatable bonds is 3. The summed E-state index contributed by atoms with van der Waals surface area (Å²) in [7, 11) is 1.73. The molecule has 0 fully saturated rings. The lowest BCUT2D eigenvalue weighted by molar-refractivity contribution is 0.0500. The highest BCUT2D eigenvalue weighted by molar-refractivity contribution is 4.99. The molecule has 0 N–H and O–H groups in total. The molecule has 0 radical (unpaired) electrons. The molecule has 0 heterocycles. The molecule has 0 aromatic heterocycles. The van der Waals surface area contributed by atoms with Crippen LogP contribution in [-0.2, 0) is 9.47 Å². The van der Waals surface area contributed by atoms with Crippen LogP contribution in [0.3, 0.4) is 0 Å². The Labute approximate surface area is 68.2 Å². The van der Waals surface area contributed by atoms with Crippen molar-refractivity contribution in [2.24, 2.45) is 0 Å². The molecule has 0 aromatic rings. The molecule has 11 heavy (non-hydrogen) atoms. The Morgan fingerprint density at radius 2 is 2.45 bits per heavy atom. The van der Waals surface area contributed by atoms with Crippen LogP contribution < -0.4 is 0 Å². The molecular weight excluding hydrogens is 140 g/mol. The molecule has 2 heteroatoms. The van der Waals surface area contributed by atoms with Gasteiger partial charge in [-0.05, 0) is 25.8 Å². The van der Waals surface area contributed by atoms with Gasteiger partial charge in [0.25, 0.3) is 0 Å². The highest BCUT2D eigenvalue weighted by Gasteiger charge is 2.13. The van der Waals surface area contributed by atoms with E-state index in [-0.39, 0.29) is 0 Å². The van der Waals surface area contributed by atoms with Crippen LogP contribution in [0, 0.1) is 0 Å². The number of allylic oxidation sites excluding steroid dienone is 1. The average Bonchev–Trinajstić information content (AvgIpc) is 2.07. The zero-order chi connectivity index (χ0) is 8.10. The standard InChI is InChI=1S/C9H16O2/c1-3-11-9-6-4-8(10-2)5-7-9/h4,9H,3,5-7H2,1-2H3. The highest BCUT2D eigenvalue weighted by atomic mass is 16.5. The topological polar surface area (TPSA) is 18.5 Å². The molecule has 0 saturated heterocycles. The van der Waals surface area contributed by atoms with E-state index in [4.69, 9.17) is 9.47 Å². The van der Waals surface area contributed by atoms with Gasteiger partial charge >= 0.3 is 0 Å². The van der Waals surface area contributed by atoms with Crippen LogP contribution >= 0.6 is 0 Å². The lowest BCUT2D eigenvalue weighted by Gasteiger charge is -2.20. The fourth-order valence-corrected chi connectivity index (χ4v) is 1.36. The second-order valence-electron chi connectivity index (χ2n) is 2.73. The van der Waals surface area contributed by atoms with Crippen LogP contribution in [0.15, 0.2) is 11.8 Å². The van der Waals surface area contributed by atoms with Crippen LogP contribution in [0.1, 0.15) is 26.2 Å². The van der Waals surface area contributed by atoms with Gasteiger partial charge in [0.05, 0.1) is 19.0 Å². The van der Waals surface area contributed by atoms with E-state index in [0.29, 0.717) is 6.10 Å². The van der Waals surface area contributed by atoms with Crippen molar-refractivity contribution in [3.05, 3.63) is 11.8 Å². The fourth-order valence-electron chi connectivity index (χ4n) is 1.36. The van der Waals surface area contributed by atoms with Gasteiger partial charge in [0, 0.05) is 13.0 Å². The summed E-state index contributed by atoms with van der Waals surface area (Å²) >= 11 is 0. The Bertz CT molecular complexity index is 140. The van der Waals surface area contributed by atoms with E-state index >= 15 is 0 Å². The van der Waals surface area contributed by atoms with Crippen molar-refractivity contribution in [1.82, 2.24) is 0 Å². The van der Waals surface area contributed by atoms with E-state index in [1.165, 1.54) is 0 Å². The van der Waals surface area contributed by atoms with Crippen LogP contribution in [0.2, 0.25) is 0 Å². The molecule has 0 spiro atoms. The van der Waals surface area contributed by atoms with Crippen molar-refractivity contribution in [2.75, 3.05) is 13.7 Å². The second-order valence-corrected chi connectivity index (χ2v) is 2.73. The maximum absolute atomic E-state index is 5.48. The summed E-state index contributed by atoms with van der Waals surface area (Å²) in [6, 6.07) is 0. The first-order valence-electron chi connectivity index (χ1n) is 4.21. The van der Waals surface area contributed by atoms with Crippen LogP contribution in [0.25, 0.3) is 0 Å². The monoisotopic (exact) mass is 156 g/mol. The minimum Gasteiger partial charge on any atom is -0.501 e. The highest BCUT2D eigenvalue weighted by Crippen LogP contribution is 2.20. The predicted molar refractivity (Wildman–Crippen MR) is 44.4 cm³/mol. The lowest BCUT2D eigenvalue weighted by atomic mass is 10.0. The molecule has 2 nitrogen and oxygen atoms in total. The molecule has 1 unspecified atom stereocenters. The largest absolute Gasteiger partial charge is 0.501 e. The van der Waals surface area contributed by atoms with Crippen molar-refractivity contribution in [2.45, 2.75) is 32.3 Å². The number of hydrogen-bond donors (Lipinski definition) is 0. The number of ether oxygens (including phenoxy) is 2. The van der Waals surface area contributed by atoms with Gasteiger partial charge in [-0.25, -0.2) is 0 Å². The normalized spacial score (nSPS) is 24.5. The third kappa shape index (κ3) is 2.54. The van der Waals surface area contributed by atoms with Crippen LogP contribution in [0.5, 0.6) is 0 Å². The van der Waals surface area contributed by atoms with Crippen molar-refractivity contribution in [3.8, 4) is 0 Å². The molecule has 1 atom stereocenters. The Balaban J connectivity index is 2.29. The second kappa shape index (κ2) is 4.39. The first-order chi connectivity index (χ1) is 5.36. The molecule has 0 aliphatic heterocycles. The quantitative estimate of drug-likeness (QED) is 0.623. The fraction of sp³-hybridized carbons (Fsp3) is 0.778. The van der Waals surface area contributed by atoms with Gasteiger partial charge in [-0.3, -0.25) is 0 Å². The van der Waals surface area contributed by atoms with E-state index in [1.807, 2.05) is 6.92 Å². The van der Waals surface area contributed by atoms with Gasteiger partial charge < -0.3 is 9.47 Å². The molecule has 1 rings (SSSR count). The van der Waals surface area contributed by atoms with E-state index < -0.39 is 0 Å². The molecule has 0 amide bonds. The smallest absolute Gasteiger partial charge is 0.0917 e. The first-order valence-corrected chi connectivity index (χ1v) is 4.21. The number of hydrogen-bond acceptors (Lipinski definition) is 2. The van der Waals surface area contributed by atoms with Crippen molar-refractivity contribution in [3.63, 3.8) is 0 Å². The van der Waals surface area contributed by atoms with Gasteiger partial charge in [-0.15, -0.1) is 0 Å². The Hall–Kier alpha value is -0.500. The van der Waals surface area contributed by atoms with Gasteiger partial charge in [-0.1, -0.05) is 0 Å². The van der Waals surface area contributed by atoms with E-state index in [1.54, 1.807) is 7.11 Å². The summed E-state index contributed by atoms with van der Waals surface area (Å²) in [4.78, 5) is 0. The van der Waals surface area contributed by atoms with Gasteiger partial charge in [0.2, 0.25) is 0 Å². The lowest BCUT2D eigenvalue weighted by Crippen LogP contribution is -2.16. The molecule has 0 bridgehead atoms. The molecule has 1 aliphatic carbocycles. The minimum absolute atomic E-state index is 0.430. The predicted octanol–water partition coefficient (Wildman–Crippen LogP) is 2.11. The van der Waals surface area contributed by atoms with Crippen molar-refractivity contribution < 1.29 is 9.47 Å². The summed E-state index contributed by atoms with van der Waals surface area (Å²) in [6.07, 6.45) is 5.70. The third-order valence-electron chi connectivity index (χ3n) is 1.99. The van der Waals surface area contributed by atoms with E-state index in [9.17, 15) is 0 Å². The third-order valence-corrected chi connectivity index (χ3v) is 1.99. The minimum atomic E-state index is 0.430. The first kappa shape index (κ1) is 8.60. The van der Waals surface area contributed by atoms with Crippen LogP contribution in [0.4, 0.5) is 0 Å². The summed E-state index contributed by atoms with van der Waals surface area (Å²) in [5.41, 5.74) is 0. The van der Waals surface area contributed by atoms with Gasteiger partial charge in [0.15, 0.2) is 0 Å². The molecule has 1 aliphatic rings. The molecule has 0 saturated carbocycles. The zero-order valence-corrected chi connectivity index (χ0v) is 7.30. The van der Waals surface area contributed by atoms with E-state index in [0.717, 1.165) is 31.6 Å². The SMILES string of the molecule is CCOC1CC=C(OC)CC1. The number of methoxy groups -OCH3 is 1. The summed E-state index contributed by atoms with van der Waals surface area (Å²) in [5.74, 6) is 1.11. The Morgan fingerprint density at radius 1 is 1.64 bits per heavy atom. The molecule has 64 valence electrons. The van der Waals surface area contributed by atoms with Gasteiger partial charge in [0.1, 0.15) is 0 Å². The van der Waals surface area contributed by atoms with Crippen LogP contribution in [-0.4, -0.2) is 19.8 Å². The summed E-state index contributed by atoms with van der Waals surface area (Å²) in [6.45, 7) is 2.86. The summed E-state index contributed by atoms with van der Waals surface area (Å²) < 4.78 is 10.6. The molecule has 0 aromatic carbocycles. The average molecular weight is 156 g/mol. The van der Waals surface area contributed by atoms with E-state index in [2.05, 4.69) is 6.08 Å². The molecular formula is C9H16O2.